The number of amides is 1. The molecule has 1 amide bonds. The number of rotatable bonds is 3. The number of benzene rings is 1. The standard InChI is InChI=1S/C17H18F4N2O3/c18-13-2-1-10(7-11(13)17(19,20)21)9-23-5-3-16(4-6-23)12(15(25)26)8-14(24)22-16/h1-2,7,12H,3-6,8-9H2,(H,22,24)(H,25,26)/t12-/m1/s1. The van der Waals surface area contributed by atoms with Gasteiger partial charge in [0.1, 0.15) is 5.82 Å². The van der Waals surface area contributed by atoms with Crippen LogP contribution in [0, 0.1) is 11.7 Å². The first kappa shape index (κ1) is 18.6. The van der Waals surface area contributed by atoms with E-state index in [0.29, 0.717) is 31.5 Å². The third-order valence-corrected chi connectivity index (χ3v) is 5.23. The van der Waals surface area contributed by atoms with Gasteiger partial charge in [0.25, 0.3) is 0 Å². The van der Waals surface area contributed by atoms with E-state index in [4.69, 9.17) is 0 Å². The largest absolute Gasteiger partial charge is 0.481 e. The monoisotopic (exact) mass is 374 g/mol. The van der Waals surface area contributed by atoms with Gasteiger partial charge in [-0.2, -0.15) is 13.2 Å². The van der Waals surface area contributed by atoms with Crippen LogP contribution in [0.2, 0.25) is 0 Å². The number of carboxylic acids is 1. The first-order valence-electron chi connectivity index (χ1n) is 8.22. The van der Waals surface area contributed by atoms with Gasteiger partial charge in [0.05, 0.1) is 17.0 Å². The number of aliphatic carboxylic acids is 1. The van der Waals surface area contributed by atoms with Gasteiger partial charge in [-0.1, -0.05) is 6.07 Å². The molecule has 1 atom stereocenters. The molecule has 5 nitrogen and oxygen atoms in total. The Balaban J connectivity index is 1.68. The maximum absolute atomic E-state index is 13.4. The van der Waals surface area contributed by atoms with Gasteiger partial charge in [-0.25, -0.2) is 4.39 Å². The molecule has 2 saturated heterocycles. The molecule has 1 aromatic rings. The molecule has 3 rings (SSSR count). The van der Waals surface area contributed by atoms with E-state index in [1.54, 1.807) is 0 Å². The molecule has 2 N–H and O–H groups in total. The third kappa shape index (κ3) is 3.53. The van der Waals surface area contributed by atoms with Crippen molar-refractivity contribution in [2.45, 2.75) is 37.5 Å². The topological polar surface area (TPSA) is 69.6 Å². The summed E-state index contributed by atoms with van der Waals surface area (Å²) < 4.78 is 51.8. The molecule has 2 aliphatic rings. The molecule has 0 saturated carbocycles. The predicted octanol–water partition coefficient (Wildman–Crippen LogP) is 2.40. The number of carboxylic acid groups (broad SMARTS) is 1. The van der Waals surface area contributed by atoms with E-state index in [1.807, 2.05) is 4.90 Å². The summed E-state index contributed by atoms with van der Waals surface area (Å²) in [4.78, 5) is 24.9. The van der Waals surface area contributed by atoms with Crippen LogP contribution in [0.25, 0.3) is 0 Å². The summed E-state index contributed by atoms with van der Waals surface area (Å²) in [6.07, 6.45) is -4.00. The maximum Gasteiger partial charge on any atom is 0.419 e. The molecular formula is C17H18F4N2O3. The lowest BCUT2D eigenvalue weighted by atomic mass is 9.77. The van der Waals surface area contributed by atoms with E-state index in [-0.39, 0.29) is 18.9 Å². The summed E-state index contributed by atoms with van der Waals surface area (Å²) >= 11 is 0. The van der Waals surface area contributed by atoms with Crippen LogP contribution in [0.15, 0.2) is 18.2 Å². The highest BCUT2D eigenvalue weighted by atomic mass is 19.4. The van der Waals surface area contributed by atoms with E-state index in [2.05, 4.69) is 5.32 Å². The van der Waals surface area contributed by atoms with Gasteiger partial charge in [-0.15, -0.1) is 0 Å². The molecule has 26 heavy (non-hydrogen) atoms. The third-order valence-electron chi connectivity index (χ3n) is 5.23. The number of nitrogens with one attached hydrogen (secondary N) is 1. The molecule has 0 bridgehead atoms. The van der Waals surface area contributed by atoms with E-state index >= 15 is 0 Å². The minimum Gasteiger partial charge on any atom is -0.481 e. The smallest absolute Gasteiger partial charge is 0.419 e. The summed E-state index contributed by atoms with van der Waals surface area (Å²) in [7, 11) is 0. The van der Waals surface area contributed by atoms with Crippen molar-refractivity contribution in [3.63, 3.8) is 0 Å². The van der Waals surface area contributed by atoms with E-state index in [0.717, 1.165) is 12.1 Å². The number of likely N-dealkylation sites (tertiary alicyclic amines) is 1. The quantitative estimate of drug-likeness (QED) is 0.798. The van der Waals surface area contributed by atoms with Crippen molar-refractivity contribution in [1.82, 2.24) is 10.2 Å². The van der Waals surface area contributed by atoms with Gasteiger partial charge in [-0.05, 0) is 30.5 Å². The van der Waals surface area contributed by atoms with Crippen LogP contribution in [0.4, 0.5) is 17.6 Å². The zero-order valence-corrected chi connectivity index (χ0v) is 13.8. The van der Waals surface area contributed by atoms with Crippen molar-refractivity contribution in [2.75, 3.05) is 13.1 Å². The van der Waals surface area contributed by atoms with Crippen molar-refractivity contribution in [3.05, 3.63) is 35.1 Å². The average molecular weight is 374 g/mol. The number of carbonyl (C=O) groups excluding carboxylic acids is 1. The fourth-order valence-electron chi connectivity index (χ4n) is 3.85. The van der Waals surface area contributed by atoms with Crippen LogP contribution in [-0.2, 0) is 22.3 Å². The highest BCUT2D eigenvalue weighted by Gasteiger charge is 2.51. The van der Waals surface area contributed by atoms with E-state index in [9.17, 15) is 32.3 Å². The lowest BCUT2D eigenvalue weighted by Crippen LogP contribution is -2.55. The van der Waals surface area contributed by atoms with Crippen molar-refractivity contribution in [1.29, 1.82) is 0 Å². The Morgan fingerprint density at radius 3 is 2.54 bits per heavy atom. The van der Waals surface area contributed by atoms with Crippen molar-refractivity contribution in [2.24, 2.45) is 5.92 Å². The van der Waals surface area contributed by atoms with E-state index < -0.39 is 35.0 Å². The molecular weight excluding hydrogens is 356 g/mol. The van der Waals surface area contributed by atoms with Gasteiger partial charge >= 0.3 is 12.1 Å². The Labute approximate surface area is 147 Å². The van der Waals surface area contributed by atoms with Gasteiger partial charge in [0.15, 0.2) is 0 Å². The minimum absolute atomic E-state index is 0.0533. The Morgan fingerprint density at radius 2 is 1.96 bits per heavy atom. The molecule has 0 aromatic heterocycles. The van der Waals surface area contributed by atoms with Crippen molar-refractivity contribution >= 4 is 11.9 Å². The first-order valence-corrected chi connectivity index (χ1v) is 8.22. The number of hydrogen-bond donors (Lipinski definition) is 2. The molecule has 2 heterocycles. The number of alkyl halides is 3. The maximum atomic E-state index is 13.4. The average Bonchev–Trinajstić information content (AvgIpc) is 2.87. The van der Waals surface area contributed by atoms with Gasteiger partial charge < -0.3 is 10.4 Å². The summed E-state index contributed by atoms with van der Waals surface area (Å²) in [5.74, 6) is -3.42. The Kier molecular flexibility index (Phi) is 4.68. The number of carbonyl (C=O) groups is 2. The van der Waals surface area contributed by atoms with E-state index in [1.165, 1.54) is 6.07 Å². The molecule has 2 fully saturated rings. The molecule has 142 valence electrons. The van der Waals surface area contributed by atoms with Gasteiger partial charge in [0.2, 0.25) is 5.91 Å². The second-order valence-electron chi connectivity index (χ2n) is 6.89. The lowest BCUT2D eigenvalue weighted by molar-refractivity contribution is -0.144. The minimum atomic E-state index is -4.76. The number of piperidine rings is 1. The molecule has 0 aliphatic carbocycles. The summed E-state index contributed by atoms with van der Waals surface area (Å²) in [6.45, 7) is 1.07. The van der Waals surface area contributed by atoms with Crippen LogP contribution >= 0.6 is 0 Å². The molecule has 0 unspecified atom stereocenters. The lowest BCUT2D eigenvalue weighted by Gasteiger charge is -2.41. The zero-order chi connectivity index (χ0) is 19.1. The number of hydrogen-bond acceptors (Lipinski definition) is 3. The SMILES string of the molecule is O=C1C[C@H](C(=O)O)C2(CCN(Cc3ccc(F)c(C(F)(F)F)c3)CC2)N1. The van der Waals surface area contributed by atoms with Crippen molar-refractivity contribution in [3.8, 4) is 0 Å². The molecule has 9 heteroatoms. The first-order chi connectivity index (χ1) is 12.1. The zero-order valence-electron chi connectivity index (χ0n) is 13.8. The summed E-state index contributed by atoms with van der Waals surface area (Å²) in [5.41, 5.74) is -1.75. The van der Waals surface area contributed by atoms with Crippen LogP contribution in [0.5, 0.6) is 0 Å². The van der Waals surface area contributed by atoms with Crippen LogP contribution in [0.3, 0.4) is 0 Å². The number of nitrogens with zero attached hydrogens (tertiary/aromatic N) is 1. The van der Waals surface area contributed by atoms with Crippen LogP contribution < -0.4 is 5.32 Å². The fraction of sp³-hybridized carbons (Fsp3) is 0.529. The Morgan fingerprint density at radius 1 is 1.31 bits per heavy atom. The predicted molar refractivity (Wildman–Crippen MR) is 82.5 cm³/mol. The Bertz CT molecular complexity index is 727. The van der Waals surface area contributed by atoms with Gasteiger partial charge in [-0.3, -0.25) is 14.5 Å². The van der Waals surface area contributed by atoms with Crippen molar-refractivity contribution < 1.29 is 32.3 Å². The second kappa shape index (κ2) is 6.53. The summed E-state index contributed by atoms with van der Waals surface area (Å²) in [5, 5.41) is 12.1. The normalized spacial score (nSPS) is 23.2. The van der Waals surface area contributed by atoms with Crippen LogP contribution in [-0.4, -0.2) is 40.5 Å². The van der Waals surface area contributed by atoms with Crippen LogP contribution in [0.1, 0.15) is 30.4 Å². The highest BCUT2D eigenvalue weighted by molar-refractivity contribution is 5.88. The van der Waals surface area contributed by atoms with Gasteiger partial charge in [0, 0.05) is 26.1 Å². The highest BCUT2D eigenvalue weighted by Crippen LogP contribution is 2.37. The molecule has 1 aromatic carbocycles. The second-order valence-corrected chi connectivity index (χ2v) is 6.89. The number of halogens is 4. The fourth-order valence-corrected chi connectivity index (χ4v) is 3.85. The molecule has 0 radical (unpaired) electrons. The molecule has 2 aliphatic heterocycles. The summed E-state index contributed by atoms with van der Waals surface area (Å²) in [6, 6.07) is 2.92. The molecule has 1 spiro atoms. The Hall–Kier alpha value is -2.16.